The van der Waals surface area contributed by atoms with Gasteiger partial charge >= 0.3 is 0 Å². The van der Waals surface area contributed by atoms with E-state index in [0.29, 0.717) is 11.4 Å². The van der Waals surface area contributed by atoms with Crippen LogP contribution in [0, 0.1) is 20.8 Å². The van der Waals surface area contributed by atoms with Crippen molar-refractivity contribution < 1.29 is 22.7 Å². The molecule has 0 saturated carbocycles. The maximum absolute atomic E-state index is 13.8. The minimum Gasteiger partial charge on any atom is -0.492 e. The quantitative estimate of drug-likeness (QED) is 0.427. The third kappa shape index (κ3) is 6.13. The number of anilines is 1. The number of aryl methyl sites for hydroxylation is 3. The third-order valence-corrected chi connectivity index (χ3v) is 8.26. The Morgan fingerprint density at radius 1 is 0.974 bits per heavy atom. The number of carbonyl (C=O) groups is 1. The summed E-state index contributed by atoms with van der Waals surface area (Å²) in [7, 11) is -3.94. The van der Waals surface area contributed by atoms with Gasteiger partial charge in [-0.1, -0.05) is 50.6 Å². The molecule has 1 atom stereocenters. The first-order valence-electron chi connectivity index (χ1n) is 12.7. The lowest BCUT2D eigenvalue weighted by Gasteiger charge is -2.36. The number of hydrogen-bond donors (Lipinski definition) is 1. The molecular weight excluding hydrogens is 500 g/mol. The molecule has 38 heavy (non-hydrogen) atoms. The van der Waals surface area contributed by atoms with Crippen LogP contribution in [0.4, 0.5) is 5.69 Å². The zero-order valence-corrected chi connectivity index (χ0v) is 23.7. The van der Waals surface area contributed by atoms with Crippen molar-refractivity contribution in [3.63, 3.8) is 0 Å². The zero-order valence-electron chi connectivity index (χ0n) is 22.9. The molecule has 0 unspecified atom stereocenters. The predicted octanol–water partition coefficient (Wildman–Crippen LogP) is 5.06. The van der Waals surface area contributed by atoms with E-state index in [1.54, 1.807) is 30.3 Å². The van der Waals surface area contributed by atoms with E-state index in [1.165, 1.54) is 4.31 Å². The van der Waals surface area contributed by atoms with Gasteiger partial charge in [0.2, 0.25) is 0 Å². The smallest absolute Gasteiger partial charge is 0.264 e. The van der Waals surface area contributed by atoms with Gasteiger partial charge in [0, 0.05) is 0 Å². The van der Waals surface area contributed by atoms with Crippen LogP contribution in [0.2, 0.25) is 0 Å². The number of benzene rings is 3. The molecule has 3 aromatic rings. The standard InChI is InChI=1S/C30H36N2O5S/c1-20-7-10-25(11-8-20)38(34,35)32-19-28(37-27-12-9-23(18-26(27)32)30(4,5)6)29(33)31-13-14-36-24-16-21(2)15-22(3)17-24/h7-12,15-18,28H,13-14,19H2,1-6H3,(H,31,33)/t28-/m1/s1. The molecule has 4 rings (SSSR count). The Morgan fingerprint density at radius 3 is 2.26 bits per heavy atom. The van der Waals surface area contributed by atoms with E-state index in [-0.39, 0.29) is 30.0 Å². The van der Waals surface area contributed by atoms with Crippen LogP contribution in [0.3, 0.4) is 0 Å². The first-order chi connectivity index (χ1) is 17.8. The monoisotopic (exact) mass is 536 g/mol. The van der Waals surface area contributed by atoms with Crippen molar-refractivity contribution in [1.82, 2.24) is 5.32 Å². The predicted molar refractivity (Wildman–Crippen MR) is 150 cm³/mol. The molecule has 202 valence electrons. The molecule has 1 amide bonds. The van der Waals surface area contributed by atoms with Crippen LogP contribution in [-0.4, -0.2) is 40.1 Å². The fourth-order valence-corrected chi connectivity index (χ4v) is 5.86. The lowest BCUT2D eigenvalue weighted by atomic mass is 9.86. The Labute approximate surface area is 225 Å². The van der Waals surface area contributed by atoms with Gasteiger partial charge in [-0.05, 0) is 79.3 Å². The normalized spacial score (nSPS) is 15.4. The molecule has 0 radical (unpaired) electrons. The van der Waals surface area contributed by atoms with Gasteiger partial charge in [-0.2, -0.15) is 0 Å². The number of sulfonamides is 1. The Kier molecular flexibility index (Phi) is 7.74. The number of ether oxygens (including phenoxy) is 2. The van der Waals surface area contributed by atoms with Crippen molar-refractivity contribution in [2.75, 3.05) is 24.0 Å². The highest BCUT2D eigenvalue weighted by atomic mass is 32.2. The molecule has 0 aromatic heterocycles. The molecule has 7 nitrogen and oxygen atoms in total. The van der Waals surface area contributed by atoms with Crippen molar-refractivity contribution in [2.24, 2.45) is 0 Å². The summed E-state index contributed by atoms with van der Waals surface area (Å²) in [4.78, 5) is 13.3. The minimum atomic E-state index is -3.94. The van der Waals surface area contributed by atoms with E-state index >= 15 is 0 Å². The molecule has 1 aliphatic heterocycles. The van der Waals surface area contributed by atoms with Crippen LogP contribution in [-0.2, 0) is 20.2 Å². The number of nitrogens with zero attached hydrogens (tertiary/aromatic N) is 1. The number of hydrogen-bond acceptors (Lipinski definition) is 5. The Hall–Kier alpha value is -3.52. The molecule has 0 bridgehead atoms. The Bertz CT molecular complexity index is 1410. The summed E-state index contributed by atoms with van der Waals surface area (Å²) in [6.45, 7) is 12.5. The number of rotatable bonds is 7. The lowest BCUT2D eigenvalue weighted by molar-refractivity contribution is -0.127. The van der Waals surface area contributed by atoms with Crippen molar-refractivity contribution >= 4 is 21.6 Å². The average Bonchev–Trinajstić information content (AvgIpc) is 2.84. The molecule has 8 heteroatoms. The molecule has 1 aliphatic rings. The third-order valence-electron chi connectivity index (χ3n) is 6.46. The van der Waals surface area contributed by atoms with Gasteiger partial charge in [-0.3, -0.25) is 9.10 Å². The van der Waals surface area contributed by atoms with Crippen LogP contribution < -0.4 is 19.1 Å². The van der Waals surface area contributed by atoms with Crippen molar-refractivity contribution in [3.8, 4) is 11.5 Å². The zero-order chi connectivity index (χ0) is 27.7. The Balaban J connectivity index is 1.55. The van der Waals surface area contributed by atoms with Gasteiger partial charge in [0.05, 0.1) is 23.7 Å². The minimum absolute atomic E-state index is 0.138. The first kappa shape index (κ1) is 27.5. The van der Waals surface area contributed by atoms with Crippen LogP contribution >= 0.6 is 0 Å². The van der Waals surface area contributed by atoms with E-state index in [4.69, 9.17) is 9.47 Å². The largest absolute Gasteiger partial charge is 0.492 e. The second kappa shape index (κ2) is 10.7. The van der Waals surface area contributed by atoms with Crippen LogP contribution in [0.25, 0.3) is 0 Å². The second-order valence-corrected chi connectivity index (χ2v) is 12.7. The summed E-state index contributed by atoms with van der Waals surface area (Å²) in [6.07, 6.45) is -1.01. The van der Waals surface area contributed by atoms with E-state index in [1.807, 2.05) is 45.0 Å². The van der Waals surface area contributed by atoms with Crippen molar-refractivity contribution in [3.05, 3.63) is 82.9 Å². The van der Waals surface area contributed by atoms with E-state index in [2.05, 4.69) is 32.2 Å². The molecule has 0 aliphatic carbocycles. The molecule has 0 fully saturated rings. The Morgan fingerprint density at radius 2 is 1.63 bits per heavy atom. The highest BCUT2D eigenvalue weighted by molar-refractivity contribution is 7.92. The van der Waals surface area contributed by atoms with Crippen LogP contribution in [0.1, 0.15) is 43.0 Å². The lowest BCUT2D eigenvalue weighted by Crippen LogP contribution is -2.51. The van der Waals surface area contributed by atoms with Gasteiger partial charge in [0.1, 0.15) is 18.1 Å². The average molecular weight is 537 g/mol. The van der Waals surface area contributed by atoms with Gasteiger partial charge in [-0.25, -0.2) is 8.42 Å². The number of nitrogens with one attached hydrogen (secondary N) is 1. The van der Waals surface area contributed by atoms with Crippen molar-refractivity contribution in [1.29, 1.82) is 0 Å². The summed E-state index contributed by atoms with van der Waals surface area (Å²) in [5.74, 6) is 0.694. The molecule has 1 heterocycles. The highest BCUT2D eigenvalue weighted by Gasteiger charge is 2.38. The summed E-state index contributed by atoms with van der Waals surface area (Å²) in [5, 5.41) is 2.83. The fraction of sp³-hybridized carbons (Fsp3) is 0.367. The summed E-state index contributed by atoms with van der Waals surface area (Å²) < 4.78 is 40.7. The van der Waals surface area contributed by atoms with Crippen molar-refractivity contribution in [2.45, 2.75) is 58.0 Å². The van der Waals surface area contributed by atoms with Gasteiger partial charge in [0.25, 0.3) is 15.9 Å². The summed E-state index contributed by atoms with van der Waals surface area (Å²) >= 11 is 0. The van der Waals surface area contributed by atoms with Crippen LogP contribution in [0.5, 0.6) is 11.5 Å². The number of amides is 1. The molecule has 0 saturated heterocycles. The second-order valence-electron chi connectivity index (χ2n) is 10.9. The van der Waals surface area contributed by atoms with Gasteiger partial charge in [-0.15, -0.1) is 0 Å². The van der Waals surface area contributed by atoms with E-state index < -0.39 is 22.0 Å². The van der Waals surface area contributed by atoms with E-state index in [0.717, 1.165) is 28.0 Å². The highest BCUT2D eigenvalue weighted by Crippen LogP contribution is 2.40. The molecule has 3 aromatic carbocycles. The SMILES string of the molecule is Cc1ccc(S(=O)(=O)N2C[C@H](C(=O)NCCOc3cc(C)cc(C)c3)Oc3ccc(C(C)(C)C)cc32)cc1. The summed E-state index contributed by atoms with van der Waals surface area (Å²) in [6, 6.07) is 18.1. The molecule has 0 spiro atoms. The fourth-order valence-electron chi connectivity index (χ4n) is 4.39. The summed E-state index contributed by atoms with van der Waals surface area (Å²) in [5.41, 5.74) is 4.36. The van der Waals surface area contributed by atoms with Gasteiger partial charge in [0.15, 0.2) is 6.10 Å². The molecular formula is C30H36N2O5S. The maximum Gasteiger partial charge on any atom is 0.264 e. The number of fused-ring (bicyclic) bond motifs is 1. The van der Waals surface area contributed by atoms with Gasteiger partial charge < -0.3 is 14.8 Å². The first-order valence-corrected chi connectivity index (χ1v) is 14.2. The maximum atomic E-state index is 13.8. The van der Waals surface area contributed by atoms with Crippen LogP contribution in [0.15, 0.2) is 65.6 Å². The number of carbonyl (C=O) groups excluding carboxylic acids is 1. The van der Waals surface area contributed by atoms with E-state index in [9.17, 15) is 13.2 Å². The topological polar surface area (TPSA) is 84.9 Å². The molecule has 1 N–H and O–H groups in total.